The normalized spacial score (nSPS) is 11.1. The summed E-state index contributed by atoms with van der Waals surface area (Å²) in [6, 6.07) is 15.2. The van der Waals surface area contributed by atoms with Crippen molar-refractivity contribution in [2.45, 2.75) is 6.92 Å². The topological polar surface area (TPSA) is 55.1 Å². The van der Waals surface area contributed by atoms with Crippen molar-refractivity contribution < 1.29 is 13.6 Å². The summed E-state index contributed by atoms with van der Waals surface area (Å²) < 4.78 is 19.4. The second-order valence-electron chi connectivity index (χ2n) is 5.50. The third-order valence-electron chi connectivity index (χ3n) is 3.90. The van der Waals surface area contributed by atoms with E-state index in [0.717, 1.165) is 22.0 Å². The number of nitrogens with one attached hydrogen (secondary N) is 1. The van der Waals surface area contributed by atoms with Crippen molar-refractivity contribution in [2.24, 2.45) is 0 Å². The summed E-state index contributed by atoms with van der Waals surface area (Å²) in [6.45, 7) is 1.86. The van der Waals surface area contributed by atoms with Crippen molar-refractivity contribution in [3.05, 3.63) is 71.9 Å². The number of aryl methyl sites for hydroxylation is 1. The predicted molar refractivity (Wildman–Crippen MR) is 90.6 cm³/mol. The Morgan fingerprint density at radius 1 is 1.08 bits per heavy atom. The Kier molecular flexibility index (Phi) is 3.27. The van der Waals surface area contributed by atoms with E-state index in [1.807, 2.05) is 31.2 Å². The summed E-state index contributed by atoms with van der Waals surface area (Å²) in [5, 5.41) is 4.13. The molecule has 0 aliphatic rings. The molecule has 118 valence electrons. The van der Waals surface area contributed by atoms with Gasteiger partial charge >= 0.3 is 0 Å². The van der Waals surface area contributed by atoms with Crippen molar-refractivity contribution in [1.82, 2.24) is 4.98 Å². The van der Waals surface area contributed by atoms with Crippen molar-refractivity contribution in [3.63, 3.8) is 0 Å². The Labute approximate surface area is 136 Å². The smallest absolute Gasteiger partial charge is 0.291 e. The fraction of sp³-hybridized carbons (Fsp3) is 0.0526. The predicted octanol–water partition coefficient (Wildman–Crippen LogP) is 4.68. The van der Waals surface area contributed by atoms with Gasteiger partial charge in [-0.05, 0) is 37.3 Å². The van der Waals surface area contributed by atoms with E-state index in [1.165, 1.54) is 12.1 Å². The molecule has 0 bridgehead atoms. The highest BCUT2D eigenvalue weighted by Crippen LogP contribution is 2.29. The van der Waals surface area contributed by atoms with Crippen molar-refractivity contribution in [2.75, 3.05) is 5.32 Å². The minimum absolute atomic E-state index is 0.114. The van der Waals surface area contributed by atoms with Gasteiger partial charge < -0.3 is 9.73 Å². The van der Waals surface area contributed by atoms with Crippen LogP contribution in [0.2, 0.25) is 0 Å². The van der Waals surface area contributed by atoms with Crippen molar-refractivity contribution in [1.29, 1.82) is 0 Å². The van der Waals surface area contributed by atoms with Gasteiger partial charge in [-0.15, -0.1) is 0 Å². The molecule has 2 aromatic heterocycles. The van der Waals surface area contributed by atoms with Crippen LogP contribution in [0.4, 0.5) is 10.1 Å². The molecule has 0 spiro atoms. The molecule has 0 saturated carbocycles. The summed E-state index contributed by atoms with van der Waals surface area (Å²) >= 11 is 0. The number of pyridine rings is 1. The summed E-state index contributed by atoms with van der Waals surface area (Å²) in [5.74, 6) is -0.875. The van der Waals surface area contributed by atoms with Crippen LogP contribution in [0.25, 0.3) is 21.9 Å². The zero-order chi connectivity index (χ0) is 16.7. The number of halogens is 1. The van der Waals surface area contributed by atoms with E-state index in [4.69, 9.17) is 4.42 Å². The zero-order valence-corrected chi connectivity index (χ0v) is 12.8. The summed E-state index contributed by atoms with van der Waals surface area (Å²) in [5.41, 5.74) is 2.30. The molecule has 4 rings (SSSR count). The number of carbonyl (C=O) groups is 1. The molecule has 4 nitrogen and oxygen atoms in total. The van der Waals surface area contributed by atoms with E-state index in [9.17, 15) is 9.18 Å². The largest absolute Gasteiger partial charge is 0.450 e. The van der Waals surface area contributed by atoms with E-state index in [1.54, 1.807) is 18.2 Å². The van der Waals surface area contributed by atoms with Gasteiger partial charge in [0.15, 0.2) is 5.76 Å². The summed E-state index contributed by atoms with van der Waals surface area (Å²) in [4.78, 5) is 16.9. The molecule has 0 atom stereocenters. The summed E-state index contributed by atoms with van der Waals surface area (Å²) in [6.07, 6.45) is 0. The first-order chi connectivity index (χ1) is 11.6. The third-order valence-corrected chi connectivity index (χ3v) is 3.90. The van der Waals surface area contributed by atoms with E-state index < -0.39 is 11.7 Å². The molecule has 0 unspecified atom stereocenters. The Bertz CT molecular complexity index is 1090. The number of para-hydroxylation sites is 2. The van der Waals surface area contributed by atoms with Crippen LogP contribution in [-0.4, -0.2) is 10.9 Å². The molecule has 2 aromatic carbocycles. The van der Waals surface area contributed by atoms with Gasteiger partial charge in [-0.1, -0.05) is 24.3 Å². The number of benzene rings is 2. The van der Waals surface area contributed by atoms with Gasteiger partial charge in [-0.3, -0.25) is 9.78 Å². The number of hydrogen-bond acceptors (Lipinski definition) is 3. The first-order valence-corrected chi connectivity index (χ1v) is 7.48. The Morgan fingerprint density at radius 2 is 1.83 bits per heavy atom. The van der Waals surface area contributed by atoms with Gasteiger partial charge in [0.2, 0.25) is 0 Å². The Balaban J connectivity index is 1.80. The van der Waals surface area contributed by atoms with Crippen LogP contribution < -0.4 is 5.32 Å². The monoisotopic (exact) mass is 320 g/mol. The van der Waals surface area contributed by atoms with E-state index in [2.05, 4.69) is 10.3 Å². The molecule has 0 fully saturated rings. The molecule has 5 heteroatoms. The van der Waals surface area contributed by atoms with Gasteiger partial charge in [-0.25, -0.2) is 4.39 Å². The number of nitrogens with zero attached hydrogens (tertiary/aromatic N) is 1. The molecular formula is C19H13FN2O2. The maximum atomic E-state index is 13.7. The fourth-order valence-corrected chi connectivity index (χ4v) is 2.72. The molecule has 0 radical (unpaired) electrons. The number of furan rings is 1. The highest BCUT2D eigenvalue weighted by Gasteiger charge is 2.17. The molecule has 2 heterocycles. The molecule has 4 aromatic rings. The maximum absolute atomic E-state index is 13.7. The van der Waals surface area contributed by atoms with Gasteiger partial charge in [0, 0.05) is 16.5 Å². The maximum Gasteiger partial charge on any atom is 0.291 e. The molecule has 1 N–H and O–H groups in total. The number of rotatable bonds is 2. The average molecular weight is 320 g/mol. The first kappa shape index (κ1) is 14.4. The number of amides is 1. The van der Waals surface area contributed by atoms with Crippen LogP contribution >= 0.6 is 0 Å². The van der Waals surface area contributed by atoms with Crippen LogP contribution in [-0.2, 0) is 0 Å². The lowest BCUT2D eigenvalue weighted by Crippen LogP contribution is -2.11. The number of aromatic nitrogens is 1. The molecule has 0 aliphatic carbocycles. The average Bonchev–Trinajstić information content (AvgIpc) is 3.03. The zero-order valence-electron chi connectivity index (χ0n) is 12.8. The minimum atomic E-state index is -0.500. The van der Waals surface area contributed by atoms with Crippen LogP contribution in [0, 0.1) is 12.7 Å². The van der Waals surface area contributed by atoms with E-state index in [0.29, 0.717) is 5.58 Å². The van der Waals surface area contributed by atoms with Crippen LogP contribution in [0.1, 0.15) is 16.2 Å². The number of fused-ring (bicyclic) bond motifs is 3. The molecule has 24 heavy (non-hydrogen) atoms. The van der Waals surface area contributed by atoms with E-state index in [-0.39, 0.29) is 11.4 Å². The lowest BCUT2D eigenvalue weighted by atomic mass is 10.1. The molecule has 0 aliphatic heterocycles. The second kappa shape index (κ2) is 5.45. The number of hydrogen-bond donors (Lipinski definition) is 1. The SMILES string of the molecule is Cc1nc2ccccc2c2oc(C(=O)Nc3ccccc3F)cc12. The second-order valence-corrected chi connectivity index (χ2v) is 5.50. The van der Waals surface area contributed by atoms with Gasteiger partial charge in [0.05, 0.1) is 11.2 Å². The molecule has 1 amide bonds. The van der Waals surface area contributed by atoms with Crippen LogP contribution in [0.3, 0.4) is 0 Å². The minimum Gasteiger partial charge on any atom is -0.450 e. The third kappa shape index (κ3) is 2.31. The lowest BCUT2D eigenvalue weighted by Gasteiger charge is -2.03. The highest BCUT2D eigenvalue weighted by atomic mass is 19.1. The fourth-order valence-electron chi connectivity index (χ4n) is 2.72. The highest BCUT2D eigenvalue weighted by molar-refractivity contribution is 6.09. The first-order valence-electron chi connectivity index (χ1n) is 7.48. The van der Waals surface area contributed by atoms with Crippen LogP contribution in [0.5, 0.6) is 0 Å². The van der Waals surface area contributed by atoms with Gasteiger partial charge in [0.1, 0.15) is 11.4 Å². The molecule has 0 saturated heterocycles. The van der Waals surface area contributed by atoms with Gasteiger partial charge in [-0.2, -0.15) is 0 Å². The van der Waals surface area contributed by atoms with Gasteiger partial charge in [0.25, 0.3) is 5.91 Å². The summed E-state index contributed by atoms with van der Waals surface area (Å²) in [7, 11) is 0. The van der Waals surface area contributed by atoms with Crippen molar-refractivity contribution in [3.8, 4) is 0 Å². The Morgan fingerprint density at radius 3 is 2.67 bits per heavy atom. The molecular weight excluding hydrogens is 307 g/mol. The standard InChI is InChI=1S/C19H13FN2O2/c1-11-13-10-17(19(23)22-16-9-5-3-7-14(16)20)24-18(13)12-6-2-4-8-15(12)21-11/h2-10H,1H3,(H,22,23). The Hall–Kier alpha value is -3.21. The van der Waals surface area contributed by atoms with E-state index >= 15 is 0 Å². The number of carbonyl (C=O) groups excluding carboxylic acids is 1. The number of anilines is 1. The quantitative estimate of drug-likeness (QED) is 0.583. The van der Waals surface area contributed by atoms with Crippen LogP contribution in [0.15, 0.2) is 59.0 Å². The van der Waals surface area contributed by atoms with Crippen molar-refractivity contribution >= 4 is 33.5 Å². The lowest BCUT2D eigenvalue weighted by molar-refractivity contribution is 0.0998.